The highest BCUT2D eigenvalue weighted by Crippen LogP contribution is 2.34. The SMILES string of the molecule is CCC1CNC2(CCCCC2)CN1CC1CCC(C)(C)O1. The Bertz CT molecular complexity index is 349. The quantitative estimate of drug-likeness (QED) is 0.864. The van der Waals surface area contributed by atoms with Crippen molar-refractivity contribution in [3.05, 3.63) is 0 Å². The second-order valence-corrected chi connectivity index (χ2v) is 8.25. The van der Waals surface area contributed by atoms with Crippen LogP contribution in [0.5, 0.6) is 0 Å². The number of ether oxygens (including phenoxy) is 1. The van der Waals surface area contributed by atoms with Crippen LogP contribution in [0.2, 0.25) is 0 Å². The highest BCUT2D eigenvalue weighted by atomic mass is 16.5. The van der Waals surface area contributed by atoms with Crippen LogP contribution in [-0.2, 0) is 4.74 Å². The maximum atomic E-state index is 6.26. The Labute approximate surface area is 130 Å². The molecule has 0 bridgehead atoms. The van der Waals surface area contributed by atoms with Crippen LogP contribution in [0.1, 0.15) is 72.1 Å². The van der Waals surface area contributed by atoms with Gasteiger partial charge in [0.25, 0.3) is 0 Å². The third kappa shape index (κ3) is 3.62. The zero-order valence-electron chi connectivity index (χ0n) is 14.3. The van der Waals surface area contributed by atoms with Crippen molar-refractivity contribution in [1.29, 1.82) is 0 Å². The van der Waals surface area contributed by atoms with Gasteiger partial charge in [-0.15, -0.1) is 0 Å². The Hall–Kier alpha value is -0.120. The first-order valence-electron chi connectivity index (χ1n) is 9.19. The summed E-state index contributed by atoms with van der Waals surface area (Å²) in [6.07, 6.45) is 11.1. The van der Waals surface area contributed by atoms with Crippen molar-refractivity contribution in [2.75, 3.05) is 19.6 Å². The van der Waals surface area contributed by atoms with E-state index in [0.29, 0.717) is 17.7 Å². The molecule has 2 unspecified atom stereocenters. The molecule has 3 rings (SSSR count). The monoisotopic (exact) mass is 294 g/mol. The zero-order valence-corrected chi connectivity index (χ0v) is 14.3. The van der Waals surface area contributed by atoms with Crippen LogP contribution < -0.4 is 5.32 Å². The number of nitrogens with one attached hydrogen (secondary N) is 1. The van der Waals surface area contributed by atoms with E-state index in [2.05, 4.69) is 31.0 Å². The Morgan fingerprint density at radius 1 is 1.14 bits per heavy atom. The first kappa shape index (κ1) is 15.8. The number of hydrogen-bond donors (Lipinski definition) is 1. The van der Waals surface area contributed by atoms with E-state index in [4.69, 9.17) is 4.74 Å². The molecule has 0 aromatic carbocycles. The van der Waals surface area contributed by atoms with Crippen molar-refractivity contribution in [3.8, 4) is 0 Å². The van der Waals surface area contributed by atoms with Gasteiger partial charge in [-0.05, 0) is 46.0 Å². The van der Waals surface area contributed by atoms with Gasteiger partial charge in [-0.3, -0.25) is 4.90 Å². The predicted octanol–water partition coefficient (Wildman–Crippen LogP) is 3.33. The average molecular weight is 294 g/mol. The van der Waals surface area contributed by atoms with Crippen LogP contribution in [0.4, 0.5) is 0 Å². The molecular weight excluding hydrogens is 260 g/mol. The minimum Gasteiger partial charge on any atom is -0.371 e. The number of nitrogens with zero attached hydrogens (tertiary/aromatic N) is 1. The van der Waals surface area contributed by atoms with Crippen LogP contribution >= 0.6 is 0 Å². The van der Waals surface area contributed by atoms with Crippen molar-refractivity contribution >= 4 is 0 Å². The lowest BCUT2D eigenvalue weighted by Gasteiger charge is -2.50. The Morgan fingerprint density at radius 3 is 2.52 bits per heavy atom. The largest absolute Gasteiger partial charge is 0.371 e. The number of rotatable bonds is 3. The lowest BCUT2D eigenvalue weighted by molar-refractivity contribution is -0.0466. The van der Waals surface area contributed by atoms with E-state index in [9.17, 15) is 0 Å². The molecule has 0 radical (unpaired) electrons. The van der Waals surface area contributed by atoms with Crippen LogP contribution in [0.3, 0.4) is 0 Å². The highest BCUT2D eigenvalue weighted by Gasteiger charge is 2.41. The molecule has 122 valence electrons. The fourth-order valence-corrected chi connectivity index (χ4v) is 4.68. The highest BCUT2D eigenvalue weighted by molar-refractivity contribution is 5.00. The lowest BCUT2D eigenvalue weighted by Crippen LogP contribution is -2.65. The third-order valence-corrected chi connectivity index (χ3v) is 6.01. The van der Waals surface area contributed by atoms with Gasteiger partial charge in [0.2, 0.25) is 0 Å². The van der Waals surface area contributed by atoms with Gasteiger partial charge < -0.3 is 10.1 Å². The van der Waals surface area contributed by atoms with E-state index in [-0.39, 0.29) is 5.60 Å². The van der Waals surface area contributed by atoms with E-state index in [1.54, 1.807) is 0 Å². The fraction of sp³-hybridized carbons (Fsp3) is 1.00. The maximum absolute atomic E-state index is 6.26. The van der Waals surface area contributed by atoms with Crippen LogP contribution in [0.15, 0.2) is 0 Å². The van der Waals surface area contributed by atoms with E-state index < -0.39 is 0 Å². The van der Waals surface area contributed by atoms with Gasteiger partial charge in [0.15, 0.2) is 0 Å². The molecule has 1 N–H and O–H groups in total. The second kappa shape index (κ2) is 6.17. The Morgan fingerprint density at radius 2 is 1.90 bits per heavy atom. The number of hydrogen-bond acceptors (Lipinski definition) is 3. The molecule has 3 heteroatoms. The molecule has 1 saturated carbocycles. The van der Waals surface area contributed by atoms with Crippen molar-refractivity contribution in [3.63, 3.8) is 0 Å². The Kier molecular flexibility index (Phi) is 4.63. The van der Waals surface area contributed by atoms with Crippen molar-refractivity contribution in [2.24, 2.45) is 0 Å². The van der Waals surface area contributed by atoms with E-state index in [0.717, 1.165) is 6.54 Å². The molecule has 2 atom stereocenters. The first-order chi connectivity index (χ1) is 10.0. The molecule has 3 aliphatic rings. The summed E-state index contributed by atoms with van der Waals surface area (Å²) in [5.41, 5.74) is 0.515. The van der Waals surface area contributed by atoms with Crippen LogP contribution in [0.25, 0.3) is 0 Å². The normalized spacial score (nSPS) is 36.1. The summed E-state index contributed by atoms with van der Waals surface area (Å²) in [6.45, 7) is 10.4. The van der Waals surface area contributed by atoms with Gasteiger partial charge in [-0.25, -0.2) is 0 Å². The number of piperazine rings is 1. The molecule has 1 spiro atoms. The zero-order chi connectivity index (χ0) is 14.9. The minimum absolute atomic E-state index is 0.100. The van der Waals surface area contributed by atoms with Crippen molar-refractivity contribution < 1.29 is 4.74 Å². The Balaban J connectivity index is 1.62. The summed E-state index contributed by atoms with van der Waals surface area (Å²) in [4.78, 5) is 2.76. The van der Waals surface area contributed by atoms with Crippen molar-refractivity contribution in [2.45, 2.75) is 95.4 Å². The minimum atomic E-state index is 0.100. The molecule has 21 heavy (non-hydrogen) atoms. The summed E-state index contributed by atoms with van der Waals surface area (Å²) < 4.78 is 6.26. The van der Waals surface area contributed by atoms with Gasteiger partial charge in [-0.2, -0.15) is 0 Å². The fourth-order valence-electron chi connectivity index (χ4n) is 4.68. The molecule has 0 aromatic heterocycles. The van der Waals surface area contributed by atoms with Crippen molar-refractivity contribution in [1.82, 2.24) is 10.2 Å². The molecule has 3 nitrogen and oxygen atoms in total. The smallest absolute Gasteiger partial charge is 0.0710 e. The molecule has 2 aliphatic heterocycles. The molecule has 2 heterocycles. The third-order valence-electron chi connectivity index (χ3n) is 6.01. The second-order valence-electron chi connectivity index (χ2n) is 8.25. The van der Waals surface area contributed by atoms with Gasteiger partial charge in [0.05, 0.1) is 11.7 Å². The molecule has 2 saturated heterocycles. The summed E-state index contributed by atoms with van der Waals surface area (Å²) in [7, 11) is 0. The predicted molar refractivity (Wildman–Crippen MR) is 87.7 cm³/mol. The molecular formula is C18H34N2O. The molecule has 0 amide bonds. The van der Waals surface area contributed by atoms with Gasteiger partial charge in [-0.1, -0.05) is 26.2 Å². The van der Waals surface area contributed by atoms with E-state index >= 15 is 0 Å². The summed E-state index contributed by atoms with van der Waals surface area (Å²) in [5.74, 6) is 0. The molecule has 3 fully saturated rings. The molecule has 1 aliphatic carbocycles. The summed E-state index contributed by atoms with van der Waals surface area (Å²) >= 11 is 0. The van der Waals surface area contributed by atoms with Gasteiger partial charge in [0, 0.05) is 31.2 Å². The first-order valence-corrected chi connectivity index (χ1v) is 9.19. The standard InChI is InChI=1S/C18H34N2O/c1-4-15-12-19-18(9-6-5-7-10-18)14-20(15)13-16-8-11-17(2,3)21-16/h15-16,19H,4-14H2,1-3H3. The van der Waals surface area contributed by atoms with Crippen LogP contribution in [0, 0.1) is 0 Å². The lowest BCUT2D eigenvalue weighted by atomic mass is 9.79. The molecule has 0 aromatic rings. The summed E-state index contributed by atoms with van der Waals surface area (Å²) in [5, 5.41) is 3.92. The summed E-state index contributed by atoms with van der Waals surface area (Å²) in [6, 6.07) is 0.699. The maximum Gasteiger partial charge on any atom is 0.0710 e. The van der Waals surface area contributed by atoms with E-state index in [1.165, 1.54) is 64.5 Å². The topological polar surface area (TPSA) is 24.5 Å². The van der Waals surface area contributed by atoms with Crippen LogP contribution in [-0.4, -0.2) is 47.8 Å². The van der Waals surface area contributed by atoms with Gasteiger partial charge in [0.1, 0.15) is 0 Å². The van der Waals surface area contributed by atoms with Gasteiger partial charge >= 0.3 is 0 Å². The van der Waals surface area contributed by atoms with E-state index in [1.807, 2.05) is 0 Å². The average Bonchev–Trinajstić information content (AvgIpc) is 2.79.